The average molecular weight is 330 g/mol. The van der Waals surface area contributed by atoms with Crippen molar-refractivity contribution < 1.29 is 0 Å². The van der Waals surface area contributed by atoms with Gasteiger partial charge in [0.15, 0.2) is 5.82 Å². The zero-order valence-electron chi connectivity index (χ0n) is 14.7. The first-order valence-corrected chi connectivity index (χ1v) is 8.73. The number of pyridine rings is 1. The summed E-state index contributed by atoms with van der Waals surface area (Å²) >= 11 is 0. The van der Waals surface area contributed by atoms with Crippen molar-refractivity contribution in [3.63, 3.8) is 0 Å². The first-order valence-electron chi connectivity index (χ1n) is 8.73. The Morgan fingerprint density at radius 3 is 2.84 bits per heavy atom. The van der Waals surface area contributed by atoms with E-state index >= 15 is 0 Å². The van der Waals surface area contributed by atoms with Crippen LogP contribution in [0.5, 0.6) is 0 Å². The number of hydrogen-bond donors (Lipinski definition) is 0. The van der Waals surface area contributed by atoms with E-state index in [9.17, 15) is 0 Å². The van der Waals surface area contributed by atoms with Gasteiger partial charge in [-0.05, 0) is 37.1 Å². The molecule has 0 unspecified atom stereocenters. The molecule has 4 heteroatoms. The standard InChI is InChI=1S/C21H22N4/c1-15-5-6-18(16(2)10-15)13-25-9-7-20-19(14-25)12-23-21(24-20)17-4-3-8-22-11-17/h3-6,8,10-12H,7,9,13-14H2,1-2H3. The molecule has 0 radical (unpaired) electrons. The van der Waals surface area contributed by atoms with Gasteiger partial charge in [-0.25, -0.2) is 9.97 Å². The first kappa shape index (κ1) is 15.9. The van der Waals surface area contributed by atoms with Gasteiger partial charge in [0.2, 0.25) is 0 Å². The molecular formula is C21H22N4. The van der Waals surface area contributed by atoms with Crippen LogP contribution in [0.15, 0.2) is 48.9 Å². The Hall–Kier alpha value is -2.59. The maximum atomic E-state index is 4.78. The molecule has 25 heavy (non-hydrogen) atoms. The highest BCUT2D eigenvalue weighted by Gasteiger charge is 2.19. The lowest BCUT2D eigenvalue weighted by atomic mass is 10.0. The van der Waals surface area contributed by atoms with Crippen LogP contribution in [0.3, 0.4) is 0 Å². The van der Waals surface area contributed by atoms with E-state index in [4.69, 9.17) is 4.98 Å². The van der Waals surface area contributed by atoms with Crippen molar-refractivity contribution in [2.75, 3.05) is 6.54 Å². The second kappa shape index (κ2) is 6.73. The minimum Gasteiger partial charge on any atom is -0.294 e. The molecule has 0 N–H and O–H groups in total. The molecule has 3 aromatic rings. The summed E-state index contributed by atoms with van der Waals surface area (Å²) in [6.45, 7) is 7.27. The third-order valence-corrected chi connectivity index (χ3v) is 4.82. The average Bonchev–Trinajstić information content (AvgIpc) is 2.64. The van der Waals surface area contributed by atoms with E-state index in [1.807, 2.05) is 24.5 Å². The van der Waals surface area contributed by atoms with Crippen LogP contribution in [-0.2, 0) is 19.5 Å². The maximum absolute atomic E-state index is 4.78. The molecule has 4 nitrogen and oxygen atoms in total. The molecule has 0 spiro atoms. The molecule has 0 aliphatic carbocycles. The number of hydrogen-bond acceptors (Lipinski definition) is 4. The number of rotatable bonds is 3. The molecular weight excluding hydrogens is 308 g/mol. The second-order valence-electron chi connectivity index (χ2n) is 6.80. The Balaban J connectivity index is 1.52. The van der Waals surface area contributed by atoms with Crippen LogP contribution in [0.1, 0.15) is 27.9 Å². The summed E-state index contributed by atoms with van der Waals surface area (Å²) in [7, 11) is 0. The SMILES string of the molecule is Cc1ccc(CN2CCc3nc(-c4cccnc4)ncc3C2)c(C)c1. The molecule has 0 amide bonds. The molecule has 1 aromatic carbocycles. The lowest BCUT2D eigenvalue weighted by Crippen LogP contribution is -2.31. The van der Waals surface area contributed by atoms with Gasteiger partial charge in [0.05, 0.1) is 5.69 Å². The van der Waals surface area contributed by atoms with Gasteiger partial charge in [-0.15, -0.1) is 0 Å². The summed E-state index contributed by atoms with van der Waals surface area (Å²) in [4.78, 5) is 16.0. The third-order valence-electron chi connectivity index (χ3n) is 4.82. The summed E-state index contributed by atoms with van der Waals surface area (Å²) in [5.41, 5.74) is 7.48. The lowest BCUT2D eigenvalue weighted by molar-refractivity contribution is 0.242. The summed E-state index contributed by atoms with van der Waals surface area (Å²) in [6, 6.07) is 10.6. The topological polar surface area (TPSA) is 41.9 Å². The van der Waals surface area contributed by atoms with E-state index in [-0.39, 0.29) is 0 Å². The first-order chi connectivity index (χ1) is 12.2. The molecule has 3 heterocycles. The normalized spacial score (nSPS) is 14.3. The number of fused-ring (bicyclic) bond motifs is 1. The van der Waals surface area contributed by atoms with E-state index in [0.29, 0.717) is 0 Å². The monoisotopic (exact) mass is 330 g/mol. The van der Waals surface area contributed by atoms with Crippen molar-refractivity contribution in [2.24, 2.45) is 0 Å². The van der Waals surface area contributed by atoms with Crippen molar-refractivity contribution in [1.82, 2.24) is 19.9 Å². The molecule has 0 saturated carbocycles. The predicted molar refractivity (Wildman–Crippen MR) is 99.0 cm³/mol. The minimum absolute atomic E-state index is 0.773. The Morgan fingerprint density at radius 2 is 2.04 bits per heavy atom. The molecule has 0 atom stereocenters. The Kier molecular flexibility index (Phi) is 4.28. The van der Waals surface area contributed by atoms with Gasteiger partial charge in [0.1, 0.15) is 0 Å². The molecule has 0 fully saturated rings. The molecule has 1 aliphatic heterocycles. The van der Waals surface area contributed by atoms with Crippen molar-refractivity contribution >= 4 is 0 Å². The highest BCUT2D eigenvalue weighted by Crippen LogP contribution is 2.22. The smallest absolute Gasteiger partial charge is 0.160 e. The van der Waals surface area contributed by atoms with E-state index in [0.717, 1.165) is 37.4 Å². The molecule has 4 rings (SSSR count). The van der Waals surface area contributed by atoms with Gasteiger partial charge >= 0.3 is 0 Å². The minimum atomic E-state index is 0.773. The zero-order valence-corrected chi connectivity index (χ0v) is 14.7. The van der Waals surface area contributed by atoms with Gasteiger partial charge in [0, 0.05) is 55.8 Å². The summed E-state index contributed by atoms with van der Waals surface area (Å²) in [6.07, 6.45) is 6.54. The second-order valence-corrected chi connectivity index (χ2v) is 6.80. The van der Waals surface area contributed by atoms with Crippen molar-refractivity contribution in [1.29, 1.82) is 0 Å². The number of benzene rings is 1. The van der Waals surface area contributed by atoms with Crippen LogP contribution in [0.25, 0.3) is 11.4 Å². The fraction of sp³-hybridized carbons (Fsp3) is 0.286. The number of nitrogens with zero attached hydrogens (tertiary/aromatic N) is 4. The van der Waals surface area contributed by atoms with Crippen LogP contribution in [0, 0.1) is 13.8 Å². The van der Waals surface area contributed by atoms with Gasteiger partial charge in [-0.3, -0.25) is 9.88 Å². The zero-order chi connectivity index (χ0) is 17.2. The van der Waals surface area contributed by atoms with Crippen molar-refractivity contribution in [2.45, 2.75) is 33.4 Å². The van der Waals surface area contributed by atoms with E-state index < -0.39 is 0 Å². The Labute approximate surface area is 148 Å². The van der Waals surface area contributed by atoms with E-state index in [1.165, 1.54) is 27.9 Å². The van der Waals surface area contributed by atoms with Crippen LogP contribution >= 0.6 is 0 Å². The van der Waals surface area contributed by atoms with Crippen molar-refractivity contribution in [3.8, 4) is 11.4 Å². The molecule has 126 valence electrons. The largest absolute Gasteiger partial charge is 0.294 e. The van der Waals surface area contributed by atoms with Crippen LogP contribution in [-0.4, -0.2) is 26.4 Å². The molecule has 1 aliphatic rings. The fourth-order valence-electron chi connectivity index (χ4n) is 3.41. The molecule has 0 bridgehead atoms. The van der Waals surface area contributed by atoms with Crippen molar-refractivity contribution in [3.05, 3.63) is 76.9 Å². The van der Waals surface area contributed by atoms with Crippen LogP contribution < -0.4 is 0 Å². The molecule has 0 saturated heterocycles. The van der Waals surface area contributed by atoms with Gasteiger partial charge in [-0.1, -0.05) is 23.8 Å². The summed E-state index contributed by atoms with van der Waals surface area (Å²) in [5, 5.41) is 0. The predicted octanol–water partition coefficient (Wildman–Crippen LogP) is 3.71. The third kappa shape index (κ3) is 3.44. The van der Waals surface area contributed by atoms with E-state index in [2.05, 4.69) is 46.9 Å². The lowest BCUT2D eigenvalue weighted by Gasteiger charge is -2.28. The number of aryl methyl sites for hydroxylation is 2. The van der Waals surface area contributed by atoms with E-state index in [1.54, 1.807) is 6.20 Å². The van der Waals surface area contributed by atoms with Gasteiger partial charge < -0.3 is 0 Å². The summed E-state index contributed by atoms with van der Waals surface area (Å²) < 4.78 is 0. The highest BCUT2D eigenvalue weighted by molar-refractivity contribution is 5.53. The fourth-order valence-corrected chi connectivity index (χ4v) is 3.41. The van der Waals surface area contributed by atoms with Crippen LogP contribution in [0.4, 0.5) is 0 Å². The quantitative estimate of drug-likeness (QED) is 0.734. The van der Waals surface area contributed by atoms with Crippen LogP contribution in [0.2, 0.25) is 0 Å². The maximum Gasteiger partial charge on any atom is 0.160 e. The van der Waals surface area contributed by atoms with Gasteiger partial charge in [-0.2, -0.15) is 0 Å². The molecule has 2 aromatic heterocycles. The highest BCUT2D eigenvalue weighted by atomic mass is 15.1. The Bertz CT molecular complexity index is 890. The van der Waals surface area contributed by atoms with Gasteiger partial charge in [0.25, 0.3) is 0 Å². The number of aromatic nitrogens is 3. The summed E-state index contributed by atoms with van der Waals surface area (Å²) in [5.74, 6) is 0.773. The Morgan fingerprint density at radius 1 is 1.12 bits per heavy atom.